The maximum atomic E-state index is 12.5. The lowest BCUT2D eigenvalue weighted by atomic mass is 10.0. The molecule has 0 unspecified atom stereocenters. The second-order valence-corrected chi connectivity index (χ2v) is 7.11. The molecule has 1 saturated heterocycles. The van der Waals surface area contributed by atoms with Gasteiger partial charge in [-0.2, -0.15) is 4.98 Å². The number of aryl methyl sites for hydroxylation is 2. The summed E-state index contributed by atoms with van der Waals surface area (Å²) in [4.78, 5) is 39.9. The van der Waals surface area contributed by atoms with Crippen molar-refractivity contribution in [2.24, 2.45) is 7.05 Å². The van der Waals surface area contributed by atoms with Crippen LogP contribution in [0.2, 0.25) is 0 Å². The van der Waals surface area contributed by atoms with E-state index >= 15 is 0 Å². The normalized spacial score (nSPS) is 13.5. The summed E-state index contributed by atoms with van der Waals surface area (Å²) < 4.78 is 1.38. The number of piperazine rings is 1. The number of Topliss-reactive ketones (excluding diaryl/α,β-unsaturated/α-hetero) is 1. The molecule has 31 heavy (non-hydrogen) atoms. The lowest BCUT2D eigenvalue weighted by molar-refractivity contribution is 0.101. The summed E-state index contributed by atoms with van der Waals surface area (Å²) in [6, 6.07) is 3.90. The van der Waals surface area contributed by atoms with Gasteiger partial charge in [-0.25, -0.2) is 9.97 Å². The fourth-order valence-electron chi connectivity index (χ4n) is 3.61. The van der Waals surface area contributed by atoms with Crippen molar-refractivity contribution in [3.8, 4) is 0 Å². The van der Waals surface area contributed by atoms with E-state index in [1.165, 1.54) is 11.5 Å². The first-order chi connectivity index (χ1) is 15.0. The zero-order valence-electron chi connectivity index (χ0n) is 18.7. The Labute approximate surface area is 181 Å². The van der Waals surface area contributed by atoms with Crippen molar-refractivity contribution in [1.29, 1.82) is 0 Å². The first kappa shape index (κ1) is 22.4. The van der Waals surface area contributed by atoms with E-state index in [1.54, 1.807) is 20.2 Å². The number of fused-ring (bicyclic) bond motifs is 1. The van der Waals surface area contributed by atoms with E-state index in [0.29, 0.717) is 28.4 Å². The molecule has 0 bridgehead atoms. The highest BCUT2D eigenvalue weighted by Crippen LogP contribution is 2.21. The smallest absolute Gasteiger partial charge is 0.263 e. The molecule has 0 aromatic carbocycles. The predicted octanol–water partition coefficient (Wildman–Crippen LogP) is 2.41. The monoisotopic (exact) mass is 423 g/mol. The first-order valence-electron chi connectivity index (χ1n) is 10.5. The molecule has 0 saturated carbocycles. The molecule has 0 spiro atoms. The van der Waals surface area contributed by atoms with Crippen LogP contribution in [0.3, 0.4) is 0 Å². The van der Waals surface area contributed by atoms with Crippen LogP contribution in [-0.2, 0) is 7.05 Å². The molecule has 0 aliphatic carbocycles. The standard InChI is InChI=1S/C20H23N7O2.C2H6/c1-12-15-11-23-20(25-18(15)26(3)19(29)17(12)13(2)28)24-16-5-4-14(10-22-16)27-8-6-21-7-9-27;1-2/h4-5,10-11,21H,6-9H2,1-3H3,(H,22,23,24,25);1-2H3. The van der Waals surface area contributed by atoms with Gasteiger partial charge in [0.1, 0.15) is 11.5 Å². The van der Waals surface area contributed by atoms with Crippen LogP contribution in [-0.4, -0.2) is 51.5 Å². The quantitative estimate of drug-likeness (QED) is 0.617. The van der Waals surface area contributed by atoms with E-state index in [2.05, 4.69) is 30.5 Å². The van der Waals surface area contributed by atoms with Gasteiger partial charge in [0, 0.05) is 44.8 Å². The highest BCUT2D eigenvalue weighted by molar-refractivity contribution is 5.99. The number of rotatable bonds is 4. The number of nitrogens with one attached hydrogen (secondary N) is 2. The Hall–Kier alpha value is -3.33. The lowest BCUT2D eigenvalue weighted by Crippen LogP contribution is -2.43. The predicted molar refractivity (Wildman–Crippen MR) is 123 cm³/mol. The fraction of sp³-hybridized carbons (Fsp3) is 0.409. The van der Waals surface area contributed by atoms with Gasteiger partial charge < -0.3 is 15.5 Å². The zero-order valence-corrected chi connectivity index (χ0v) is 18.7. The van der Waals surface area contributed by atoms with Gasteiger partial charge >= 0.3 is 0 Å². The molecule has 0 radical (unpaired) electrons. The molecular weight excluding hydrogens is 394 g/mol. The van der Waals surface area contributed by atoms with Gasteiger partial charge in [-0.15, -0.1) is 0 Å². The van der Waals surface area contributed by atoms with Gasteiger partial charge in [0.2, 0.25) is 5.95 Å². The van der Waals surface area contributed by atoms with Gasteiger partial charge in [-0.05, 0) is 31.5 Å². The highest BCUT2D eigenvalue weighted by Gasteiger charge is 2.17. The molecule has 2 N–H and O–H groups in total. The Bertz CT molecular complexity index is 1130. The van der Waals surface area contributed by atoms with Crippen LogP contribution in [0.4, 0.5) is 17.5 Å². The third kappa shape index (κ3) is 4.56. The number of ketones is 1. The van der Waals surface area contributed by atoms with E-state index in [9.17, 15) is 9.59 Å². The molecule has 1 fully saturated rings. The third-order valence-electron chi connectivity index (χ3n) is 5.21. The van der Waals surface area contributed by atoms with Crippen LogP contribution >= 0.6 is 0 Å². The van der Waals surface area contributed by atoms with Crippen LogP contribution in [0.5, 0.6) is 0 Å². The minimum absolute atomic E-state index is 0.175. The summed E-state index contributed by atoms with van der Waals surface area (Å²) in [5, 5.41) is 7.09. The molecule has 3 aromatic rings. The van der Waals surface area contributed by atoms with Gasteiger partial charge in [0.15, 0.2) is 5.78 Å². The largest absolute Gasteiger partial charge is 0.368 e. The van der Waals surface area contributed by atoms with Crippen LogP contribution in [0.25, 0.3) is 11.0 Å². The molecular formula is C22H29N7O2. The number of hydrogen-bond acceptors (Lipinski definition) is 8. The van der Waals surface area contributed by atoms with Crippen molar-refractivity contribution < 1.29 is 4.79 Å². The maximum absolute atomic E-state index is 12.5. The number of pyridine rings is 2. The Morgan fingerprint density at radius 1 is 1.13 bits per heavy atom. The van der Waals surface area contributed by atoms with Gasteiger partial charge in [0.05, 0.1) is 17.4 Å². The second-order valence-electron chi connectivity index (χ2n) is 7.11. The molecule has 4 heterocycles. The maximum Gasteiger partial charge on any atom is 0.263 e. The Morgan fingerprint density at radius 2 is 1.84 bits per heavy atom. The van der Waals surface area contributed by atoms with E-state index in [1.807, 2.05) is 32.2 Å². The summed E-state index contributed by atoms with van der Waals surface area (Å²) in [6.07, 6.45) is 3.45. The van der Waals surface area contributed by atoms with Crippen molar-refractivity contribution in [2.75, 3.05) is 36.4 Å². The Kier molecular flexibility index (Phi) is 6.96. The average molecular weight is 424 g/mol. The zero-order chi connectivity index (χ0) is 22.5. The molecule has 1 aliphatic heterocycles. The van der Waals surface area contributed by atoms with Crippen LogP contribution in [0, 0.1) is 6.92 Å². The summed E-state index contributed by atoms with van der Waals surface area (Å²) in [7, 11) is 1.61. The summed E-state index contributed by atoms with van der Waals surface area (Å²) in [5.41, 5.74) is 1.96. The van der Waals surface area contributed by atoms with Crippen molar-refractivity contribution in [1.82, 2.24) is 24.8 Å². The van der Waals surface area contributed by atoms with Crippen molar-refractivity contribution in [3.05, 3.63) is 46.0 Å². The Balaban J connectivity index is 0.00000132. The van der Waals surface area contributed by atoms with E-state index in [4.69, 9.17) is 0 Å². The van der Waals surface area contributed by atoms with E-state index < -0.39 is 0 Å². The molecule has 164 valence electrons. The number of anilines is 3. The van der Waals surface area contributed by atoms with E-state index in [0.717, 1.165) is 31.9 Å². The molecule has 3 aromatic heterocycles. The minimum Gasteiger partial charge on any atom is -0.368 e. The molecule has 9 heteroatoms. The molecule has 4 rings (SSSR count). The number of aromatic nitrogens is 4. The summed E-state index contributed by atoms with van der Waals surface area (Å²) in [5.74, 6) is 0.691. The SMILES string of the molecule is CC.CC(=O)c1c(C)c2cnc(Nc3ccc(N4CCNCC4)cn3)nc2n(C)c1=O. The highest BCUT2D eigenvalue weighted by atomic mass is 16.1. The van der Waals surface area contributed by atoms with Crippen molar-refractivity contribution in [3.63, 3.8) is 0 Å². The molecule has 9 nitrogen and oxygen atoms in total. The van der Waals surface area contributed by atoms with Gasteiger partial charge in [-0.1, -0.05) is 13.8 Å². The topological polar surface area (TPSA) is 105 Å². The van der Waals surface area contributed by atoms with Crippen LogP contribution < -0.4 is 21.1 Å². The van der Waals surface area contributed by atoms with Crippen molar-refractivity contribution >= 4 is 34.3 Å². The Morgan fingerprint density at radius 3 is 2.45 bits per heavy atom. The fourth-order valence-corrected chi connectivity index (χ4v) is 3.61. The molecule has 0 amide bonds. The van der Waals surface area contributed by atoms with Gasteiger partial charge in [0.25, 0.3) is 5.56 Å². The number of nitrogens with zero attached hydrogens (tertiary/aromatic N) is 5. The van der Waals surface area contributed by atoms with E-state index in [-0.39, 0.29) is 16.9 Å². The minimum atomic E-state index is -0.356. The van der Waals surface area contributed by atoms with Gasteiger partial charge in [-0.3, -0.25) is 14.2 Å². The number of hydrogen-bond donors (Lipinski definition) is 2. The lowest BCUT2D eigenvalue weighted by Gasteiger charge is -2.29. The van der Waals surface area contributed by atoms with Crippen molar-refractivity contribution in [2.45, 2.75) is 27.7 Å². The molecule has 0 atom stereocenters. The number of carbonyl (C=O) groups excluding carboxylic acids is 1. The average Bonchev–Trinajstić information content (AvgIpc) is 2.80. The molecule has 1 aliphatic rings. The van der Waals surface area contributed by atoms with Crippen LogP contribution in [0.1, 0.15) is 36.7 Å². The summed E-state index contributed by atoms with van der Waals surface area (Å²) in [6.45, 7) is 11.0. The summed E-state index contributed by atoms with van der Waals surface area (Å²) >= 11 is 0. The third-order valence-corrected chi connectivity index (χ3v) is 5.21. The van der Waals surface area contributed by atoms with Crippen LogP contribution in [0.15, 0.2) is 29.3 Å². The second kappa shape index (κ2) is 9.65. The number of carbonyl (C=O) groups is 1. The first-order valence-corrected chi connectivity index (χ1v) is 10.5.